The van der Waals surface area contributed by atoms with Crippen molar-refractivity contribution >= 4 is 40.9 Å². The molecule has 0 radical (unpaired) electrons. The Hall–Kier alpha value is -2.68. The summed E-state index contributed by atoms with van der Waals surface area (Å²) in [6.07, 6.45) is 1.19. The Bertz CT molecular complexity index is 717. The van der Waals surface area contributed by atoms with Crippen LogP contribution in [0.5, 0.6) is 0 Å². The zero-order valence-electron chi connectivity index (χ0n) is 12.3. The molecule has 0 saturated carbocycles. The van der Waals surface area contributed by atoms with E-state index in [2.05, 4.69) is 5.32 Å². The SMILES string of the molecule is O=C(O)CCNC(=O)CN1C(=O)S/C(=C\c2ccc(F)cc2)C1=O. The minimum absolute atomic E-state index is 0.0875. The van der Waals surface area contributed by atoms with Gasteiger partial charge in [-0.1, -0.05) is 12.1 Å². The van der Waals surface area contributed by atoms with E-state index < -0.39 is 35.4 Å². The molecule has 1 saturated heterocycles. The van der Waals surface area contributed by atoms with Gasteiger partial charge in [0.25, 0.3) is 11.1 Å². The fourth-order valence-electron chi connectivity index (χ4n) is 1.86. The van der Waals surface area contributed by atoms with Crippen molar-refractivity contribution in [3.05, 3.63) is 40.6 Å². The number of carbonyl (C=O) groups excluding carboxylic acids is 3. The van der Waals surface area contributed by atoms with Gasteiger partial charge in [0.15, 0.2) is 0 Å². The molecule has 1 aromatic carbocycles. The van der Waals surface area contributed by atoms with E-state index in [0.717, 1.165) is 4.90 Å². The van der Waals surface area contributed by atoms with E-state index >= 15 is 0 Å². The molecular formula is C15H13FN2O5S. The van der Waals surface area contributed by atoms with Gasteiger partial charge in [-0.2, -0.15) is 0 Å². The molecule has 1 aliphatic heterocycles. The third-order valence-electron chi connectivity index (χ3n) is 3.00. The van der Waals surface area contributed by atoms with Crippen molar-refractivity contribution in [2.45, 2.75) is 6.42 Å². The van der Waals surface area contributed by atoms with E-state index in [1.807, 2.05) is 0 Å². The number of amides is 3. The summed E-state index contributed by atoms with van der Waals surface area (Å²) in [5, 5.41) is 10.2. The van der Waals surface area contributed by atoms with Gasteiger partial charge in [0, 0.05) is 6.54 Å². The lowest BCUT2D eigenvalue weighted by Crippen LogP contribution is -2.40. The number of carbonyl (C=O) groups is 4. The first-order valence-electron chi connectivity index (χ1n) is 6.86. The molecule has 0 bridgehead atoms. The molecular weight excluding hydrogens is 339 g/mol. The van der Waals surface area contributed by atoms with E-state index in [0.29, 0.717) is 17.3 Å². The van der Waals surface area contributed by atoms with Crippen LogP contribution in [0.1, 0.15) is 12.0 Å². The van der Waals surface area contributed by atoms with Gasteiger partial charge in [0.2, 0.25) is 5.91 Å². The molecule has 0 atom stereocenters. The Labute approximate surface area is 140 Å². The quantitative estimate of drug-likeness (QED) is 0.751. The van der Waals surface area contributed by atoms with Crippen LogP contribution in [0.4, 0.5) is 9.18 Å². The number of thioether (sulfide) groups is 1. The van der Waals surface area contributed by atoms with Gasteiger partial charge in [-0.15, -0.1) is 0 Å². The molecule has 2 rings (SSSR count). The number of carboxylic acid groups (broad SMARTS) is 1. The summed E-state index contributed by atoms with van der Waals surface area (Å²) in [6, 6.07) is 5.38. The third kappa shape index (κ3) is 4.66. The molecule has 0 spiro atoms. The van der Waals surface area contributed by atoms with Gasteiger partial charge in [0.1, 0.15) is 12.4 Å². The minimum atomic E-state index is -1.07. The number of nitrogens with zero attached hydrogens (tertiary/aromatic N) is 1. The first-order chi connectivity index (χ1) is 11.4. The lowest BCUT2D eigenvalue weighted by atomic mass is 10.2. The van der Waals surface area contributed by atoms with Crippen LogP contribution < -0.4 is 5.32 Å². The summed E-state index contributed by atoms with van der Waals surface area (Å²) >= 11 is 0.682. The Balaban J connectivity index is 1.99. The molecule has 3 amide bonds. The summed E-state index contributed by atoms with van der Waals surface area (Å²) < 4.78 is 12.9. The molecule has 24 heavy (non-hydrogen) atoms. The smallest absolute Gasteiger partial charge is 0.305 e. The van der Waals surface area contributed by atoms with Crippen molar-refractivity contribution in [3.63, 3.8) is 0 Å². The summed E-state index contributed by atoms with van der Waals surface area (Å²) in [5.41, 5.74) is 0.549. The van der Waals surface area contributed by atoms with Gasteiger partial charge in [-0.3, -0.25) is 24.1 Å². The summed E-state index contributed by atoms with van der Waals surface area (Å²) in [5.74, 6) is -2.73. The highest BCUT2D eigenvalue weighted by Gasteiger charge is 2.36. The number of benzene rings is 1. The lowest BCUT2D eigenvalue weighted by Gasteiger charge is -2.11. The maximum Gasteiger partial charge on any atom is 0.305 e. The van der Waals surface area contributed by atoms with Crippen LogP contribution in [0.2, 0.25) is 0 Å². The fraction of sp³-hybridized carbons (Fsp3) is 0.200. The monoisotopic (exact) mass is 352 g/mol. The van der Waals surface area contributed by atoms with E-state index in [1.165, 1.54) is 30.3 Å². The second-order valence-electron chi connectivity index (χ2n) is 4.81. The number of hydrogen-bond acceptors (Lipinski definition) is 5. The zero-order chi connectivity index (χ0) is 17.7. The van der Waals surface area contributed by atoms with Crippen LogP contribution in [-0.4, -0.2) is 46.1 Å². The van der Waals surface area contributed by atoms with Crippen LogP contribution >= 0.6 is 11.8 Å². The molecule has 7 nitrogen and oxygen atoms in total. The lowest BCUT2D eigenvalue weighted by molar-refractivity contribution is -0.137. The molecule has 1 aromatic rings. The highest BCUT2D eigenvalue weighted by Crippen LogP contribution is 2.31. The Morgan fingerprint density at radius 1 is 1.25 bits per heavy atom. The Morgan fingerprint density at radius 2 is 1.92 bits per heavy atom. The van der Waals surface area contributed by atoms with Crippen LogP contribution in [-0.2, 0) is 14.4 Å². The molecule has 126 valence electrons. The summed E-state index contributed by atoms with van der Waals surface area (Å²) in [7, 11) is 0. The van der Waals surface area contributed by atoms with Crippen LogP contribution in [0.15, 0.2) is 29.2 Å². The normalized spacial score (nSPS) is 15.9. The van der Waals surface area contributed by atoms with Crippen LogP contribution in [0.25, 0.3) is 6.08 Å². The number of hydrogen-bond donors (Lipinski definition) is 2. The maximum atomic E-state index is 12.9. The minimum Gasteiger partial charge on any atom is -0.481 e. The molecule has 9 heteroatoms. The molecule has 1 heterocycles. The molecule has 1 aliphatic rings. The van der Waals surface area contributed by atoms with Gasteiger partial charge in [0.05, 0.1) is 11.3 Å². The average molecular weight is 352 g/mol. The van der Waals surface area contributed by atoms with Crippen molar-refractivity contribution < 1.29 is 28.7 Å². The average Bonchev–Trinajstić information content (AvgIpc) is 2.77. The number of aliphatic carboxylic acids is 1. The van der Waals surface area contributed by atoms with Crippen molar-refractivity contribution in [1.82, 2.24) is 10.2 Å². The van der Waals surface area contributed by atoms with Gasteiger partial charge in [-0.05, 0) is 35.5 Å². The standard InChI is InChI=1S/C15H13FN2O5S/c16-10-3-1-9(2-4-10)7-11-14(22)18(15(23)24-11)8-12(19)17-6-5-13(20)21/h1-4,7H,5-6,8H2,(H,17,19)(H,20,21)/b11-7-. The number of nitrogens with one attached hydrogen (secondary N) is 1. The van der Waals surface area contributed by atoms with Crippen LogP contribution in [0.3, 0.4) is 0 Å². The van der Waals surface area contributed by atoms with Crippen molar-refractivity contribution in [2.75, 3.05) is 13.1 Å². The maximum absolute atomic E-state index is 12.9. The highest BCUT2D eigenvalue weighted by molar-refractivity contribution is 8.18. The van der Waals surface area contributed by atoms with Gasteiger partial charge < -0.3 is 10.4 Å². The van der Waals surface area contributed by atoms with E-state index in [4.69, 9.17) is 5.11 Å². The fourth-order valence-corrected chi connectivity index (χ4v) is 2.69. The topological polar surface area (TPSA) is 104 Å². The van der Waals surface area contributed by atoms with Gasteiger partial charge >= 0.3 is 5.97 Å². The number of rotatable bonds is 6. The molecule has 0 unspecified atom stereocenters. The van der Waals surface area contributed by atoms with E-state index in [1.54, 1.807) is 0 Å². The molecule has 0 aliphatic carbocycles. The number of halogens is 1. The zero-order valence-corrected chi connectivity index (χ0v) is 13.1. The van der Waals surface area contributed by atoms with Crippen molar-refractivity contribution in [1.29, 1.82) is 0 Å². The van der Waals surface area contributed by atoms with Crippen LogP contribution in [0, 0.1) is 5.82 Å². The molecule has 1 fully saturated rings. The number of carboxylic acids is 1. The first-order valence-corrected chi connectivity index (χ1v) is 7.68. The first kappa shape index (κ1) is 17.7. The van der Waals surface area contributed by atoms with Crippen molar-refractivity contribution in [3.8, 4) is 0 Å². The number of imide groups is 1. The molecule has 0 aromatic heterocycles. The largest absolute Gasteiger partial charge is 0.481 e. The highest BCUT2D eigenvalue weighted by atomic mass is 32.2. The predicted molar refractivity (Wildman–Crippen MR) is 84.3 cm³/mol. The Kier molecular flexibility index (Phi) is 5.69. The van der Waals surface area contributed by atoms with E-state index in [-0.39, 0.29) is 17.9 Å². The Morgan fingerprint density at radius 3 is 2.54 bits per heavy atom. The molecule has 2 N–H and O–H groups in total. The van der Waals surface area contributed by atoms with E-state index in [9.17, 15) is 23.6 Å². The summed E-state index contributed by atoms with van der Waals surface area (Å²) in [6.45, 7) is -0.569. The second-order valence-corrected chi connectivity index (χ2v) is 5.81. The van der Waals surface area contributed by atoms with Gasteiger partial charge in [-0.25, -0.2) is 4.39 Å². The second kappa shape index (κ2) is 7.73. The summed E-state index contributed by atoms with van der Waals surface area (Å²) in [4.78, 5) is 46.9. The predicted octanol–water partition coefficient (Wildman–Crippen LogP) is 1.45. The van der Waals surface area contributed by atoms with Crippen molar-refractivity contribution in [2.24, 2.45) is 0 Å². The third-order valence-corrected chi connectivity index (χ3v) is 3.91.